The Balaban J connectivity index is 1.02. The minimum Gasteiger partial charge on any atom is -0.454 e. The first-order valence-corrected chi connectivity index (χ1v) is 32.0. The molecule has 0 spiro atoms. The maximum absolute atomic E-state index is 7.26. The number of aryl methyl sites for hydroxylation is 1. The lowest BCUT2D eigenvalue weighted by molar-refractivity contribution is 0.440. The van der Waals surface area contributed by atoms with E-state index in [0.29, 0.717) is 17.8 Å². The van der Waals surface area contributed by atoms with Gasteiger partial charge < -0.3 is 18.6 Å². The molecule has 0 amide bonds. The lowest BCUT2D eigenvalue weighted by Crippen LogP contribution is -2.27. The van der Waals surface area contributed by atoms with Gasteiger partial charge in [0.15, 0.2) is 11.0 Å². The first-order chi connectivity index (χ1) is 40.5. The number of rotatable bonds is 20. The van der Waals surface area contributed by atoms with Crippen LogP contribution in [-0.2, 0) is 12.8 Å². The van der Waals surface area contributed by atoms with E-state index in [2.05, 4.69) is 201 Å². The van der Waals surface area contributed by atoms with E-state index in [9.17, 15) is 0 Å². The summed E-state index contributed by atoms with van der Waals surface area (Å²) < 4.78 is 14.5. The number of benzene rings is 6. The molecular formula is C78H86N2O2. The minimum atomic E-state index is 0.510. The Morgan fingerprint density at radius 1 is 0.585 bits per heavy atom. The molecule has 2 bridgehead atoms. The zero-order chi connectivity index (χ0) is 55.8. The van der Waals surface area contributed by atoms with E-state index < -0.39 is 0 Å². The fourth-order valence-electron chi connectivity index (χ4n) is 14.5. The summed E-state index contributed by atoms with van der Waals surface area (Å²) in [7, 11) is 0. The van der Waals surface area contributed by atoms with Gasteiger partial charge in [-0.3, -0.25) is 0 Å². The van der Waals surface area contributed by atoms with E-state index in [-0.39, 0.29) is 0 Å². The molecule has 4 aliphatic rings. The molecule has 0 unspecified atom stereocenters. The van der Waals surface area contributed by atoms with Crippen molar-refractivity contribution < 1.29 is 8.83 Å². The highest BCUT2D eigenvalue weighted by Gasteiger charge is 2.28. The highest BCUT2D eigenvalue weighted by Crippen LogP contribution is 2.47. The number of unbranched alkanes of at least 4 members (excludes halogenated alkanes) is 4. The fourth-order valence-corrected chi connectivity index (χ4v) is 14.5. The Labute approximate surface area is 489 Å². The van der Waals surface area contributed by atoms with Gasteiger partial charge in [-0.2, -0.15) is 0 Å². The third-order valence-electron chi connectivity index (χ3n) is 18.8. The fraction of sp³-hybridized carbons (Fsp3) is 0.359. The van der Waals surface area contributed by atoms with Gasteiger partial charge in [0.2, 0.25) is 0 Å². The minimum absolute atomic E-state index is 0.510. The Morgan fingerprint density at radius 3 is 2.04 bits per heavy atom. The molecule has 82 heavy (non-hydrogen) atoms. The number of allylic oxidation sites excluding steroid dienone is 6. The van der Waals surface area contributed by atoms with Crippen molar-refractivity contribution in [2.45, 2.75) is 180 Å². The zero-order valence-corrected chi connectivity index (χ0v) is 49.4. The number of nitrogens with zero attached hydrogens (tertiary/aromatic N) is 2. The van der Waals surface area contributed by atoms with Gasteiger partial charge in [0, 0.05) is 50.4 Å². The molecule has 0 saturated heterocycles. The summed E-state index contributed by atoms with van der Waals surface area (Å²) in [5.74, 6) is 1.68. The van der Waals surface area contributed by atoms with Crippen molar-refractivity contribution in [3.05, 3.63) is 213 Å². The molecule has 4 nitrogen and oxygen atoms in total. The molecule has 0 radical (unpaired) electrons. The summed E-state index contributed by atoms with van der Waals surface area (Å²) in [6.45, 7) is 11.2. The number of hydrogen-bond acceptors (Lipinski definition) is 4. The number of anilines is 4. The number of hydrogen-bond donors (Lipinski definition) is 0. The van der Waals surface area contributed by atoms with Crippen LogP contribution in [0, 0.1) is 0 Å². The van der Waals surface area contributed by atoms with Crippen molar-refractivity contribution in [2.24, 2.45) is 0 Å². The van der Waals surface area contributed by atoms with Gasteiger partial charge in [-0.15, -0.1) is 0 Å². The summed E-state index contributed by atoms with van der Waals surface area (Å²) >= 11 is 0. The average Bonchev–Trinajstić information content (AvgIpc) is 4.28. The quantitative estimate of drug-likeness (QED) is 0.0712. The van der Waals surface area contributed by atoms with E-state index >= 15 is 0 Å². The van der Waals surface area contributed by atoms with Crippen molar-refractivity contribution in [2.75, 3.05) is 9.80 Å². The van der Waals surface area contributed by atoms with Crippen LogP contribution in [0.25, 0.3) is 57.3 Å². The number of fused-ring (bicyclic) bond motifs is 5. The topological polar surface area (TPSA) is 32.8 Å². The molecule has 0 N–H and O–H groups in total. The van der Waals surface area contributed by atoms with E-state index in [1.807, 2.05) is 6.08 Å². The molecule has 8 aromatic rings. The molecule has 2 fully saturated rings. The van der Waals surface area contributed by atoms with Gasteiger partial charge in [-0.05, 0) is 157 Å². The monoisotopic (exact) mass is 1080 g/mol. The summed E-state index contributed by atoms with van der Waals surface area (Å²) in [6.07, 6.45) is 46.9. The normalized spacial score (nSPS) is 18.0. The van der Waals surface area contributed by atoms with E-state index in [4.69, 9.17) is 8.83 Å². The van der Waals surface area contributed by atoms with Crippen LogP contribution in [0.3, 0.4) is 0 Å². The van der Waals surface area contributed by atoms with E-state index in [1.54, 1.807) is 0 Å². The molecule has 0 atom stereocenters. The SMILES string of the molecule is C=C/C=c1\c(=C\N(C2=C3\C=Cc4ccc(N(c5ccc(C(CCC)CCC)cc5)c5cccc6c5oc5c(CCCCCCC)cccc56)c(c4C3)/C=C\C/C=C\2)c2ccc(C3CCCCC3)cc2)oc2c(C3CCCCC3)cccc12. The molecule has 2 saturated carbocycles. The highest BCUT2D eigenvalue weighted by atomic mass is 16.3. The first kappa shape index (κ1) is 55.2. The Hall–Kier alpha value is -7.30. The molecule has 0 aliphatic heterocycles. The predicted octanol–water partition coefficient (Wildman–Crippen LogP) is 21.8. The highest BCUT2D eigenvalue weighted by molar-refractivity contribution is 6.11. The van der Waals surface area contributed by atoms with Gasteiger partial charge in [-0.1, -0.05) is 226 Å². The van der Waals surface area contributed by atoms with Crippen LogP contribution >= 0.6 is 0 Å². The largest absolute Gasteiger partial charge is 0.454 e. The summed E-state index contributed by atoms with van der Waals surface area (Å²) in [5, 5.41) is 4.59. The molecule has 2 aromatic heterocycles. The standard InChI is InChI=1S/C78H86N2O2/c1-5-9-10-11-15-32-61-33-22-36-69-70-38-24-40-74(78(70)82-76(61)69)80(64-50-45-57(46-51-64)55(25-6-2)26-7-3)73-52-47-60-41-42-62-53-71(60)66(73)34-20-14-21-39-72(62)79(63-48-43-58(44-49-63)56-28-16-12-17-29-56)54-75-67(27-8-4)68-37-23-35-65(77(68)81-75)59-30-18-13-19-31-59/h8,20-24,27,33-52,54-56,59H,4-7,9-19,25-26,28-32,53H2,1-3H3/b34-20-,39-21-,67-27-,72-62+,75-54-. The molecule has 6 aromatic carbocycles. The van der Waals surface area contributed by atoms with Crippen LogP contribution in [0.5, 0.6) is 0 Å². The Morgan fingerprint density at radius 2 is 1.28 bits per heavy atom. The van der Waals surface area contributed by atoms with Crippen LogP contribution < -0.4 is 20.4 Å². The molecule has 420 valence electrons. The second kappa shape index (κ2) is 25.9. The molecule has 4 heteroatoms. The van der Waals surface area contributed by atoms with Crippen molar-refractivity contribution in [3.8, 4) is 0 Å². The van der Waals surface area contributed by atoms with E-state index in [0.717, 1.165) is 85.9 Å². The van der Waals surface area contributed by atoms with Gasteiger partial charge in [0.05, 0.1) is 17.6 Å². The van der Waals surface area contributed by atoms with Crippen LogP contribution in [-0.4, -0.2) is 0 Å². The molecule has 12 rings (SSSR count). The first-order valence-electron chi connectivity index (χ1n) is 32.0. The van der Waals surface area contributed by atoms with Gasteiger partial charge in [0.1, 0.15) is 11.2 Å². The van der Waals surface area contributed by atoms with Crippen LogP contribution in [0.4, 0.5) is 22.7 Å². The predicted molar refractivity (Wildman–Crippen MR) is 351 cm³/mol. The molecular weight excluding hydrogens is 997 g/mol. The summed E-state index contributed by atoms with van der Waals surface area (Å²) in [5.41, 5.74) is 20.0. The van der Waals surface area contributed by atoms with Crippen LogP contribution in [0.2, 0.25) is 0 Å². The van der Waals surface area contributed by atoms with Crippen molar-refractivity contribution in [1.82, 2.24) is 0 Å². The lowest BCUT2D eigenvalue weighted by Gasteiger charge is -2.31. The maximum atomic E-state index is 7.26. The number of furan rings is 2. The maximum Gasteiger partial charge on any atom is 0.159 e. The lowest BCUT2D eigenvalue weighted by atomic mass is 9.83. The average molecular weight is 1080 g/mol. The Kier molecular flexibility index (Phi) is 17.4. The molecule has 4 aliphatic carbocycles. The third kappa shape index (κ3) is 11.4. The third-order valence-corrected chi connectivity index (χ3v) is 18.8. The summed E-state index contributed by atoms with van der Waals surface area (Å²) in [4.78, 5) is 4.94. The van der Waals surface area contributed by atoms with Gasteiger partial charge in [0.25, 0.3) is 0 Å². The van der Waals surface area contributed by atoms with Crippen LogP contribution in [0.15, 0.2) is 172 Å². The second-order valence-electron chi connectivity index (χ2n) is 24.2. The van der Waals surface area contributed by atoms with Crippen molar-refractivity contribution >= 4 is 80.1 Å². The Bertz CT molecular complexity index is 3780. The van der Waals surface area contributed by atoms with Crippen molar-refractivity contribution in [3.63, 3.8) is 0 Å². The smallest absolute Gasteiger partial charge is 0.159 e. The summed E-state index contributed by atoms with van der Waals surface area (Å²) in [6, 6.07) is 44.2. The number of para-hydroxylation sites is 3. The second-order valence-corrected chi connectivity index (χ2v) is 24.2. The zero-order valence-electron chi connectivity index (χ0n) is 49.4. The van der Waals surface area contributed by atoms with Crippen molar-refractivity contribution in [1.29, 1.82) is 0 Å². The van der Waals surface area contributed by atoms with Crippen LogP contribution in [0.1, 0.15) is 206 Å². The van der Waals surface area contributed by atoms with E-state index in [1.165, 1.54) is 172 Å². The van der Waals surface area contributed by atoms with Gasteiger partial charge in [-0.25, -0.2) is 0 Å². The van der Waals surface area contributed by atoms with Gasteiger partial charge >= 0.3 is 0 Å². The molecule has 2 heterocycles.